The first-order chi connectivity index (χ1) is 12.2. The Morgan fingerprint density at radius 3 is 3.04 bits per heavy atom. The summed E-state index contributed by atoms with van der Waals surface area (Å²) in [5.74, 6) is 1.05. The summed E-state index contributed by atoms with van der Waals surface area (Å²) >= 11 is 1.79. The van der Waals surface area contributed by atoms with E-state index in [-0.39, 0.29) is 11.9 Å². The Bertz CT molecular complexity index is 754. The molecule has 1 saturated carbocycles. The van der Waals surface area contributed by atoms with Gasteiger partial charge in [0.25, 0.3) is 0 Å². The monoisotopic (exact) mass is 356 g/mol. The highest BCUT2D eigenvalue weighted by atomic mass is 32.1. The zero-order valence-corrected chi connectivity index (χ0v) is 15.3. The van der Waals surface area contributed by atoms with Gasteiger partial charge in [-0.1, -0.05) is 12.1 Å². The van der Waals surface area contributed by atoms with Gasteiger partial charge >= 0.3 is 0 Å². The summed E-state index contributed by atoms with van der Waals surface area (Å²) in [6, 6.07) is 10.8. The number of thiophene rings is 1. The van der Waals surface area contributed by atoms with Gasteiger partial charge in [0.15, 0.2) is 0 Å². The summed E-state index contributed by atoms with van der Waals surface area (Å²) < 4.78 is 6.06. The number of benzene rings is 1. The maximum Gasteiger partial charge on any atom is 0.237 e. The van der Waals surface area contributed by atoms with Gasteiger partial charge in [0.2, 0.25) is 5.91 Å². The lowest BCUT2D eigenvalue weighted by Gasteiger charge is -2.36. The van der Waals surface area contributed by atoms with Crippen LogP contribution in [0, 0.1) is 6.92 Å². The first-order valence-electron chi connectivity index (χ1n) is 8.99. The summed E-state index contributed by atoms with van der Waals surface area (Å²) in [5, 5.41) is 5.47. The van der Waals surface area contributed by atoms with Gasteiger partial charge < -0.3 is 15.0 Å². The van der Waals surface area contributed by atoms with Crippen molar-refractivity contribution in [2.24, 2.45) is 0 Å². The van der Waals surface area contributed by atoms with E-state index in [0.717, 1.165) is 18.7 Å². The fourth-order valence-electron chi connectivity index (χ4n) is 3.38. The standard InChI is InChI=1S/C20H24N2O2S/c1-14-3-2-4-16(11-14)24-13-18-17-8-10-25-19(17)7-9-22(18)20(23)12-21-15-5-6-15/h2-4,8,10-11,15,18,21H,5-7,9,12-13H2,1H3. The van der Waals surface area contributed by atoms with Gasteiger partial charge in [-0.3, -0.25) is 4.79 Å². The Kier molecular flexibility index (Phi) is 4.77. The summed E-state index contributed by atoms with van der Waals surface area (Å²) in [4.78, 5) is 16.1. The molecule has 2 heterocycles. The minimum absolute atomic E-state index is 0.00372. The average molecular weight is 356 g/mol. The number of nitrogens with one attached hydrogen (secondary N) is 1. The van der Waals surface area contributed by atoms with Crippen LogP contribution in [-0.4, -0.2) is 36.5 Å². The molecule has 1 aliphatic carbocycles. The van der Waals surface area contributed by atoms with Crippen LogP contribution < -0.4 is 10.1 Å². The molecule has 25 heavy (non-hydrogen) atoms. The number of nitrogens with zero attached hydrogens (tertiary/aromatic N) is 1. The normalized spacial score (nSPS) is 19.6. The largest absolute Gasteiger partial charge is 0.491 e. The van der Waals surface area contributed by atoms with Crippen LogP contribution in [0.4, 0.5) is 0 Å². The molecular weight excluding hydrogens is 332 g/mol. The van der Waals surface area contributed by atoms with Crippen molar-refractivity contribution in [2.45, 2.75) is 38.3 Å². The lowest BCUT2D eigenvalue weighted by atomic mass is 10.0. The van der Waals surface area contributed by atoms with Crippen molar-refractivity contribution in [3.63, 3.8) is 0 Å². The highest BCUT2D eigenvalue weighted by Gasteiger charge is 2.32. The van der Waals surface area contributed by atoms with Crippen molar-refractivity contribution < 1.29 is 9.53 Å². The maximum atomic E-state index is 12.7. The third kappa shape index (κ3) is 3.88. The van der Waals surface area contributed by atoms with Gasteiger partial charge in [-0.2, -0.15) is 0 Å². The van der Waals surface area contributed by atoms with Crippen molar-refractivity contribution in [1.82, 2.24) is 10.2 Å². The third-order valence-corrected chi connectivity index (χ3v) is 5.93. The van der Waals surface area contributed by atoms with Crippen LogP contribution in [-0.2, 0) is 11.2 Å². The summed E-state index contributed by atoms with van der Waals surface area (Å²) in [5.41, 5.74) is 2.43. The van der Waals surface area contributed by atoms with Crippen molar-refractivity contribution in [1.29, 1.82) is 0 Å². The Hall–Kier alpha value is -1.85. The number of carbonyl (C=O) groups excluding carboxylic acids is 1. The summed E-state index contributed by atoms with van der Waals surface area (Å²) in [6.07, 6.45) is 3.34. The Balaban J connectivity index is 1.48. The number of aryl methyl sites for hydroxylation is 1. The molecular formula is C20H24N2O2S. The van der Waals surface area contributed by atoms with E-state index in [1.54, 1.807) is 11.3 Å². The molecule has 2 aliphatic rings. The van der Waals surface area contributed by atoms with Gasteiger partial charge in [0.05, 0.1) is 12.6 Å². The molecule has 0 spiro atoms. The Labute approximate surface area is 152 Å². The molecule has 1 unspecified atom stereocenters. The molecule has 0 radical (unpaired) electrons. The molecule has 1 fully saturated rings. The molecule has 0 saturated heterocycles. The van der Waals surface area contributed by atoms with E-state index in [2.05, 4.69) is 29.8 Å². The summed E-state index contributed by atoms with van der Waals surface area (Å²) in [7, 11) is 0. The fraction of sp³-hybridized carbons (Fsp3) is 0.450. The van der Waals surface area contributed by atoms with Crippen LogP contribution in [0.2, 0.25) is 0 Å². The quantitative estimate of drug-likeness (QED) is 0.863. The zero-order chi connectivity index (χ0) is 17.2. The van der Waals surface area contributed by atoms with E-state index in [1.165, 1.54) is 28.8 Å². The van der Waals surface area contributed by atoms with Gasteiger partial charge in [0.1, 0.15) is 12.4 Å². The van der Waals surface area contributed by atoms with Gasteiger partial charge in [-0.25, -0.2) is 0 Å². The molecule has 1 aliphatic heterocycles. The lowest BCUT2D eigenvalue weighted by molar-refractivity contribution is -0.133. The van der Waals surface area contributed by atoms with Crippen LogP contribution in [0.1, 0.15) is 34.9 Å². The number of rotatable bonds is 6. The van der Waals surface area contributed by atoms with E-state index >= 15 is 0 Å². The number of amides is 1. The number of carbonyl (C=O) groups is 1. The number of fused-ring (bicyclic) bond motifs is 1. The highest BCUT2D eigenvalue weighted by molar-refractivity contribution is 7.10. The highest BCUT2D eigenvalue weighted by Crippen LogP contribution is 2.34. The van der Waals surface area contributed by atoms with Gasteiger partial charge in [-0.05, 0) is 60.9 Å². The SMILES string of the molecule is Cc1cccc(OCC2c3ccsc3CCN2C(=O)CNC2CC2)c1. The Morgan fingerprint density at radius 2 is 2.24 bits per heavy atom. The van der Waals surface area contributed by atoms with Crippen molar-refractivity contribution in [3.05, 3.63) is 51.7 Å². The second-order valence-corrected chi connectivity index (χ2v) is 7.94. The van der Waals surface area contributed by atoms with Gasteiger partial charge in [-0.15, -0.1) is 11.3 Å². The van der Waals surface area contributed by atoms with E-state index < -0.39 is 0 Å². The van der Waals surface area contributed by atoms with Crippen LogP contribution >= 0.6 is 11.3 Å². The topological polar surface area (TPSA) is 41.6 Å². The average Bonchev–Trinajstić information content (AvgIpc) is 3.32. The van der Waals surface area contributed by atoms with Crippen LogP contribution in [0.3, 0.4) is 0 Å². The third-order valence-electron chi connectivity index (χ3n) is 4.93. The van der Waals surface area contributed by atoms with Crippen molar-refractivity contribution in [2.75, 3.05) is 19.7 Å². The zero-order valence-electron chi connectivity index (χ0n) is 14.5. The van der Waals surface area contributed by atoms with Crippen LogP contribution in [0.15, 0.2) is 35.7 Å². The fourth-order valence-corrected chi connectivity index (χ4v) is 4.30. The predicted octanol–water partition coefficient (Wildman–Crippen LogP) is 3.31. The molecule has 1 atom stereocenters. The molecule has 1 N–H and O–H groups in total. The molecule has 0 bridgehead atoms. The van der Waals surface area contributed by atoms with E-state index in [4.69, 9.17) is 4.74 Å². The smallest absolute Gasteiger partial charge is 0.237 e. The molecule has 132 valence electrons. The molecule has 4 nitrogen and oxygen atoms in total. The molecule has 1 aromatic heterocycles. The number of hydrogen-bond donors (Lipinski definition) is 1. The molecule has 1 amide bonds. The predicted molar refractivity (Wildman–Crippen MR) is 100 cm³/mol. The van der Waals surface area contributed by atoms with E-state index in [0.29, 0.717) is 19.2 Å². The summed E-state index contributed by atoms with van der Waals surface area (Å²) in [6.45, 7) is 3.78. The number of ether oxygens (including phenoxy) is 1. The second kappa shape index (κ2) is 7.18. The molecule has 5 heteroatoms. The number of hydrogen-bond acceptors (Lipinski definition) is 4. The van der Waals surface area contributed by atoms with E-state index in [1.807, 2.05) is 23.1 Å². The molecule has 4 rings (SSSR count). The van der Waals surface area contributed by atoms with Crippen molar-refractivity contribution >= 4 is 17.2 Å². The lowest BCUT2D eigenvalue weighted by Crippen LogP contribution is -2.46. The van der Waals surface area contributed by atoms with Gasteiger partial charge in [0, 0.05) is 17.5 Å². The maximum absolute atomic E-state index is 12.7. The molecule has 2 aromatic rings. The van der Waals surface area contributed by atoms with Crippen LogP contribution in [0.5, 0.6) is 5.75 Å². The van der Waals surface area contributed by atoms with Crippen LogP contribution in [0.25, 0.3) is 0 Å². The van der Waals surface area contributed by atoms with E-state index in [9.17, 15) is 4.79 Å². The molecule has 1 aromatic carbocycles. The second-order valence-electron chi connectivity index (χ2n) is 6.93. The Morgan fingerprint density at radius 1 is 1.36 bits per heavy atom. The first-order valence-corrected chi connectivity index (χ1v) is 9.87. The minimum Gasteiger partial charge on any atom is -0.491 e. The minimum atomic E-state index is 0.00372. The van der Waals surface area contributed by atoms with Crippen molar-refractivity contribution in [3.8, 4) is 5.75 Å². The first kappa shape index (κ1) is 16.6.